The largest absolute Gasteiger partial charge is 0.477 e. The first-order valence-electron chi connectivity index (χ1n) is 8.13. The third-order valence-electron chi connectivity index (χ3n) is 4.72. The number of hydrogen-bond acceptors (Lipinski definition) is 5. The summed E-state index contributed by atoms with van der Waals surface area (Å²) in [5.41, 5.74) is 0.719. The van der Waals surface area contributed by atoms with Crippen LogP contribution in [0.1, 0.15) is 28.8 Å². The van der Waals surface area contributed by atoms with Gasteiger partial charge in [0.15, 0.2) is 5.60 Å². The van der Waals surface area contributed by atoms with Gasteiger partial charge in [0.25, 0.3) is 11.8 Å². The van der Waals surface area contributed by atoms with Gasteiger partial charge in [-0.3, -0.25) is 19.8 Å². The van der Waals surface area contributed by atoms with Crippen molar-refractivity contribution >= 4 is 17.5 Å². The fraction of sp³-hybridized carbons (Fsp3) is 0.278. The van der Waals surface area contributed by atoms with Crippen LogP contribution in [0.3, 0.4) is 0 Å². The number of carbonyl (C=O) groups is 2. The standard InChI is InChI=1S/C18H17N3O4/c22-16(21(24)14-2-1-8-19-11-14)13-3-4-15-12(10-13)5-6-18(25-15)7-9-20-17(18)23/h1-4,8,10-11,24H,5-7,9H2,(H,20,23). The third-order valence-corrected chi connectivity index (χ3v) is 4.72. The molecule has 3 heterocycles. The van der Waals surface area contributed by atoms with Crippen molar-refractivity contribution in [2.75, 3.05) is 11.6 Å². The predicted octanol–water partition coefficient (Wildman–Crippen LogP) is 1.70. The second kappa shape index (κ2) is 5.86. The molecule has 7 nitrogen and oxygen atoms in total. The Bertz CT molecular complexity index is 839. The van der Waals surface area contributed by atoms with E-state index in [1.807, 2.05) is 0 Å². The Balaban J connectivity index is 1.58. The van der Waals surface area contributed by atoms with Gasteiger partial charge in [-0.05, 0) is 42.3 Å². The van der Waals surface area contributed by atoms with E-state index in [9.17, 15) is 14.8 Å². The molecule has 0 saturated carbocycles. The summed E-state index contributed by atoms with van der Waals surface area (Å²) in [7, 11) is 0. The lowest BCUT2D eigenvalue weighted by Gasteiger charge is -2.33. The van der Waals surface area contributed by atoms with Gasteiger partial charge in [-0.15, -0.1) is 0 Å². The summed E-state index contributed by atoms with van der Waals surface area (Å²) in [5, 5.41) is 13.5. The van der Waals surface area contributed by atoms with Crippen LogP contribution >= 0.6 is 0 Å². The highest BCUT2D eigenvalue weighted by atomic mass is 16.5. The van der Waals surface area contributed by atoms with Crippen molar-refractivity contribution in [2.45, 2.75) is 24.9 Å². The average Bonchev–Trinajstić information content (AvgIpc) is 3.00. The van der Waals surface area contributed by atoms with Crippen molar-refractivity contribution in [1.29, 1.82) is 0 Å². The summed E-state index contributed by atoms with van der Waals surface area (Å²) >= 11 is 0. The number of nitrogens with one attached hydrogen (secondary N) is 1. The molecule has 25 heavy (non-hydrogen) atoms. The number of rotatable bonds is 2. The van der Waals surface area contributed by atoms with Gasteiger partial charge < -0.3 is 10.1 Å². The summed E-state index contributed by atoms with van der Waals surface area (Å²) in [6.07, 6.45) is 4.84. The molecule has 2 N–H and O–H groups in total. The minimum Gasteiger partial charge on any atom is -0.477 e. The Hall–Kier alpha value is -2.93. The van der Waals surface area contributed by atoms with E-state index >= 15 is 0 Å². The Morgan fingerprint density at radius 2 is 2.20 bits per heavy atom. The molecule has 7 heteroatoms. The van der Waals surface area contributed by atoms with E-state index in [-0.39, 0.29) is 5.91 Å². The number of nitrogens with zero attached hydrogens (tertiary/aromatic N) is 2. The van der Waals surface area contributed by atoms with Gasteiger partial charge in [-0.25, -0.2) is 0 Å². The molecule has 4 rings (SSSR count). The minimum atomic E-state index is -0.781. The van der Waals surface area contributed by atoms with Gasteiger partial charge >= 0.3 is 0 Å². The number of aryl methyl sites for hydroxylation is 1. The molecule has 0 bridgehead atoms. The Kier molecular flexibility index (Phi) is 3.65. The van der Waals surface area contributed by atoms with E-state index in [0.29, 0.717) is 47.9 Å². The number of aromatic nitrogens is 1. The van der Waals surface area contributed by atoms with Crippen LogP contribution < -0.4 is 15.1 Å². The van der Waals surface area contributed by atoms with Crippen molar-refractivity contribution in [3.8, 4) is 5.75 Å². The number of ether oxygens (including phenoxy) is 1. The maximum Gasteiger partial charge on any atom is 0.282 e. The van der Waals surface area contributed by atoms with E-state index in [1.165, 1.54) is 6.20 Å². The maximum absolute atomic E-state index is 12.5. The summed E-state index contributed by atoms with van der Waals surface area (Å²) in [6.45, 7) is 0.620. The maximum atomic E-state index is 12.5. The van der Waals surface area contributed by atoms with Gasteiger partial charge in [-0.1, -0.05) is 0 Å². The smallest absolute Gasteiger partial charge is 0.282 e. The van der Waals surface area contributed by atoms with E-state index in [1.54, 1.807) is 36.5 Å². The number of carbonyl (C=O) groups excluding carboxylic acids is 2. The number of benzene rings is 1. The molecule has 2 aliphatic heterocycles. The molecule has 1 atom stereocenters. The number of hydroxylamine groups is 1. The van der Waals surface area contributed by atoms with Crippen LogP contribution in [0.2, 0.25) is 0 Å². The average molecular weight is 339 g/mol. The van der Waals surface area contributed by atoms with E-state index < -0.39 is 11.5 Å². The van der Waals surface area contributed by atoms with Gasteiger partial charge in [0.2, 0.25) is 0 Å². The molecule has 2 aliphatic rings. The van der Waals surface area contributed by atoms with E-state index in [0.717, 1.165) is 5.56 Å². The second-order valence-corrected chi connectivity index (χ2v) is 6.25. The number of hydrogen-bond donors (Lipinski definition) is 2. The number of pyridine rings is 1. The van der Waals surface area contributed by atoms with E-state index in [2.05, 4.69) is 10.3 Å². The number of fused-ring (bicyclic) bond motifs is 1. The molecule has 1 spiro atoms. The second-order valence-electron chi connectivity index (χ2n) is 6.25. The van der Waals surface area contributed by atoms with Crippen LogP contribution in [-0.4, -0.2) is 34.2 Å². The highest BCUT2D eigenvalue weighted by molar-refractivity contribution is 6.04. The minimum absolute atomic E-state index is 0.0728. The normalized spacial score (nSPS) is 21.4. The van der Waals surface area contributed by atoms with Crippen LogP contribution in [-0.2, 0) is 11.2 Å². The van der Waals surface area contributed by atoms with Crippen LogP contribution in [0.4, 0.5) is 5.69 Å². The van der Waals surface area contributed by atoms with Crippen LogP contribution in [0.25, 0.3) is 0 Å². The molecule has 1 saturated heterocycles. The zero-order chi connectivity index (χ0) is 17.4. The molecule has 1 unspecified atom stereocenters. The zero-order valence-electron chi connectivity index (χ0n) is 13.4. The van der Waals surface area contributed by atoms with Crippen LogP contribution in [0.15, 0.2) is 42.7 Å². The first-order chi connectivity index (χ1) is 12.1. The Morgan fingerprint density at radius 3 is 2.92 bits per heavy atom. The van der Waals surface area contributed by atoms with Gasteiger partial charge in [0.05, 0.1) is 11.9 Å². The molecule has 1 aromatic carbocycles. The number of amides is 2. The van der Waals surface area contributed by atoms with Crippen molar-refractivity contribution in [3.63, 3.8) is 0 Å². The van der Waals surface area contributed by atoms with E-state index in [4.69, 9.17) is 4.74 Å². The van der Waals surface area contributed by atoms with Gasteiger partial charge in [0, 0.05) is 31.1 Å². The monoisotopic (exact) mass is 339 g/mol. The predicted molar refractivity (Wildman–Crippen MR) is 88.6 cm³/mol. The van der Waals surface area contributed by atoms with Crippen molar-refractivity contribution in [1.82, 2.24) is 10.3 Å². The molecule has 0 aliphatic carbocycles. The van der Waals surface area contributed by atoms with Gasteiger partial charge in [-0.2, -0.15) is 5.06 Å². The zero-order valence-corrected chi connectivity index (χ0v) is 13.4. The first kappa shape index (κ1) is 15.6. The van der Waals surface area contributed by atoms with Crippen molar-refractivity contribution < 1.29 is 19.5 Å². The lowest BCUT2D eigenvalue weighted by molar-refractivity contribution is -0.133. The third kappa shape index (κ3) is 2.62. The fourth-order valence-electron chi connectivity index (χ4n) is 3.31. The quantitative estimate of drug-likeness (QED) is 0.642. The highest BCUT2D eigenvalue weighted by Crippen LogP contribution is 2.37. The molecule has 0 radical (unpaired) electrons. The Morgan fingerprint density at radius 1 is 1.32 bits per heavy atom. The molecular weight excluding hydrogens is 322 g/mol. The van der Waals surface area contributed by atoms with Gasteiger partial charge in [0.1, 0.15) is 5.75 Å². The molecule has 1 aromatic heterocycles. The lowest BCUT2D eigenvalue weighted by Crippen LogP contribution is -2.46. The van der Waals surface area contributed by atoms with Crippen molar-refractivity contribution in [2.24, 2.45) is 0 Å². The molecule has 2 amide bonds. The molecule has 1 fully saturated rings. The van der Waals surface area contributed by atoms with Crippen LogP contribution in [0.5, 0.6) is 5.75 Å². The highest BCUT2D eigenvalue weighted by Gasteiger charge is 2.46. The summed E-state index contributed by atoms with van der Waals surface area (Å²) in [5.74, 6) is -0.00294. The fourth-order valence-corrected chi connectivity index (χ4v) is 3.31. The van der Waals surface area contributed by atoms with Crippen LogP contribution in [0, 0.1) is 0 Å². The summed E-state index contributed by atoms with van der Waals surface area (Å²) in [4.78, 5) is 28.4. The lowest BCUT2D eigenvalue weighted by atomic mass is 9.89. The summed E-state index contributed by atoms with van der Waals surface area (Å²) < 4.78 is 5.96. The molecular formula is C18H17N3O4. The molecule has 2 aromatic rings. The topological polar surface area (TPSA) is 91.8 Å². The van der Waals surface area contributed by atoms with Crippen molar-refractivity contribution in [3.05, 3.63) is 53.9 Å². The SMILES string of the molecule is O=C(c1ccc2c(c1)CCC1(CCNC1=O)O2)N(O)c1cccnc1. The Labute approximate surface area is 144 Å². The first-order valence-corrected chi connectivity index (χ1v) is 8.13. The summed E-state index contributed by atoms with van der Waals surface area (Å²) in [6, 6.07) is 8.21. The number of anilines is 1. The molecule has 128 valence electrons.